The van der Waals surface area contributed by atoms with E-state index in [1.807, 2.05) is 0 Å². The summed E-state index contributed by atoms with van der Waals surface area (Å²) in [6.45, 7) is 6.09. The van der Waals surface area contributed by atoms with Crippen molar-refractivity contribution in [3.63, 3.8) is 0 Å². The van der Waals surface area contributed by atoms with Gasteiger partial charge in [-0.3, -0.25) is 0 Å². The molecule has 0 fully saturated rings. The summed E-state index contributed by atoms with van der Waals surface area (Å²) in [4.78, 5) is 0. The number of hydrogen-bond acceptors (Lipinski definition) is 1. The van der Waals surface area contributed by atoms with Crippen molar-refractivity contribution >= 4 is 12.6 Å². The zero-order valence-corrected chi connectivity index (χ0v) is 8.58. The third-order valence-corrected chi connectivity index (χ3v) is 2.15. The van der Waals surface area contributed by atoms with Crippen molar-refractivity contribution < 1.29 is 0 Å². The molecule has 0 saturated carbocycles. The van der Waals surface area contributed by atoms with Crippen LogP contribution in [0.15, 0.2) is 0 Å². The Hall–Kier alpha value is 0.350. The first-order valence-corrected chi connectivity index (χ1v) is 5.30. The van der Waals surface area contributed by atoms with Gasteiger partial charge in [-0.25, -0.2) is 0 Å². The number of thiol groups is 1. The van der Waals surface area contributed by atoms with Gasteiger partial charge in [0.15, 0.2) is 0 Å². The molecule has 0 bridgehead atoms. The summed E-state index contributed by atoms with van der Waals surface area (Å²) in [6.07, 6.45) is 9.39. The Morgan fingerprint density at radius 2 is 1.64 bits per heavy atom. The maximum Gasteiger partial charge on any atom is 0.00172 e. The summed E-state index contributed by atoms with van der Waals surface area (Å²) in [7, 11) is 0. The third-order valence-electron chi connectivity index (χ3n) is 1.89. The molecule has 0 N–H and O–H groups in total. The first-order valence-electron chi connectivity index (χ1n) is 4.78. The molecule has 67 valence electrons. The fraction of sp³-hybridized carbons (Fsp3) is 0.900. The molecule has 1 radical (unpaired) electrons. The van der Waals surface area contributed by atoms with Crippen molar-refractivity contribution in [1.29, 1.82) is 0 Å². The molecular weight excluding hydrogens is 152 g/mol. The zero-order chi connectivity index (χ0) is 8.53. The van der Waals surface area contributed by atoms with E-state index in [0.717, 1.165) is 0 Å². The van der Waals surface area contributed by atoms with Crippen molar-refractivity contribution in [2.75, 3.05) is 0 Å². The fourth-order valence-corrected chi connectivity index (χ4v) is 1.34. The highest BCUT2D eigenvalue weighted by molar-refractivity contribution is 7.81. The number of hydrogen-bond donors (Lipinski definition) is 1. The first-order chi connectivity index (χ1) is 5.27. The zero-order valence-electron chi connectivity index (χ0n) is 7.68. The first kappa shape index (κ1) is 11.4. The molecule has 0 aliphatic carbocycles. The fourth-order valence-electron chi connectivity index (χ4n) is 1.16. The van der Waals surface area contributed by atoms with E-state index in [4.69, 9.17) is 0 Å². The van der Waals surface area contributed by atoms with Crippen molar-refractivity contribution in [2.45, 2.75) is 57.1 Å². The van der Waals surface area contributed by atoms with E-state index in [1.165, 1.54) is 44.9 Å². The summed E-state index contributed by atoms with van der Waals surface area (Å²) in [6, 6.07) is 0. The molecule has 1 heteroatoms. The van der Waals surface area contributed by atoms with Gasteiger partial charge in [-0.1, -0.05) is 45.4 Å². The van der Waals surface area contributed by atoms with Crippen molar-refractivity contribution in [1.82, 2.24) is 0 Å². The van der Waals surface area contributed by atoms with Crippen LogP contribution in [0.1, 0.15) is 51.9 Å². The highest BCUT2D eigenvalue weighted by Gasteiger charge is 1.94. The molecule has 0 amide bonds. The number of rotatable bonds is 7. The van der Waals surface area contributed by atoms with Crippen LogP contribution in [0, 0.1) is 6.92 Å². The molecule has 0 saturated heterocycles. The van der Waals surface area contributed by atoms with Gasteiger partial charge < -0.3 is 0 Å². The largest absolute Gasteiger partial charge is 0.176 e. The minimum atomic E-state index is 0.348. The predicted octanol–water partition coefficient (Wildman–Crippen LogP) is 3.87. The average molecular weight is 173 g/mol. The Balaban J connectivity index is 2.80. The van der Waals surface area contributed by atoms with Crippen molar-refractivity contribution in [3.8, 4) is 0 Å². The van der Waals surface area contributed by atoms with E-state index in [2.05, 4.69) is 26.5 Å². The molecule has 1 atom stereocenters. The summed E-state index contributed by atoms with van der Waals surface area (Å²) in [5.41, 5.74) is 0. The molecule has 0 aliphatic rings. The van der Waals surface area contributed by atoms with Crippen LogP contribution in [0.5, 0.6) is 0 Å². The summed E-state index contributed by atoms with van der Waals surface area (Å²) in [5.74, 6) is 0. The standard InChI is InChI=1S/C10H21S/c1-3-4-5-6-7-8-9-10(2)11/h10-11H,2-9H2,1H3. The van der Waals surface area contributed by atoms with Crippen LogP contribution in [-0.4, -0.2) is 5.25 Å². The Labute approximate surface area is 77.2 Å². The lowest BCUT2D eigenvalue weighted by Crippen LogP contribution is -1.90. The molecule has 0 aromatic heterocycles. The predicted molar refractivity (Wildman–Crippen MR) is 56.1 cm³/mol. The van der Waals surface area contributed by atoms with Crippen LogP contribution in [-0.2, 0) is 0 Å². The van der Waals surface area contributed by atoms with Gasteiger partial charge >= 0.3 is 0 Å². The molecule has 0 aliphatic heterocycles. The lowest BCUT2D eigenvalue weighted by atomic mass is 10.1. The summed E-state index contributed by atoms with van der Waals surface area (Å²) < 4.78 is 0. The van der Waals surface area contributed by atoms with Crippen LogP contribution < -0.4 is 0 Å². The monoisotopic (exact) mass is 173 g/mol. The SMILES string of the molecule is [CH2]C(S)CCCCCCCC. The van der Waals surface area contributed by atoms with Gasteiger partial charge in [0.25, 0.3) is 0 Å². The Morgan fingerprint density at radius 1 is 1.09 bits per heavy atom. The highest BCUT2D eigenvalue weighted by Crippen LogP contribution is 2.10. The van der Waals surface area contributed by atoms with E-state index in [1.54, 1.807) is 0 Å². The molecule has 0 heterocycles. The summed E-state index contributed by atoms with van der Waals surface area (Å²) in [5, 5.41) is 0.348. The minimum absolute atomic E-state index is 0.348. The summed E-state index contributed by atoms with van der Waals surface area (Å²) >= 11 is 4.23. The van der Waals surface area contributed by atoms with E-state index >= 15 is 0 Å². The second-order valence-electron chi connectivity index (χ2n) is 3.21. The van der Waals surface area contributed by atoms with Crippen LogP contribution in [0.3, 0.4) is 0 Å². The van der Waals surface area contributed by atoms with Crippen LogP contribution in [0.25, 0.3) is 0 Å². The maximum absolute atomic E-state index is 4.23. The maximum atomic E-state index is 4.23. The smallest absolute Gasteiger partial charge is 0.00172 e. The average Bonchev–Trinajstić information content (AvgIpc) is 1.96. The topological polar surface area (TPSA) is 0 Å². The molecular formula is C10H21S. The minimum Gasteiger partial charge on any atom is -0.176 e. The van der Waals surface area contributed by atoms with Crippen LogP contribution in [0.2, 0.25) is 0 Å². The van der Waals surface area contributed by atoms with Gasteiger partial charge in [0.1, 0.15) is 0 Å². The van der Waals surface area contributed by atoms with E-state index in [0.29, 0.717) is 5.25 Å². The second kappa shape index (κ2) is 8.45. The van der Waals surface area contributed by atoms with Gasteiger partial charge in [-0.15, -0.1) is 0 Å². The lowest BCUT2D eigenvalue weighted by Gasteiger charge is -2.02. The van der Waals surface area contributed by atoms with Gasteiger partial charge in [0, 0.05) is 5.25 Å². The Morgan fingerprint density at radius 3 is 2.18 bits per heavy atom. The van der Waals surface area contributed by atoms with E-state index in [-0.39, 0.29) is 0 Å². The van der Waals surface area contributed by atoms with Crippen molar-refractivity contribution in [2.24, 2.45) is 0 Å². The molecule has 0 aromatic carbocycles. The Kier molecular flexibility index (Phi) is 8.72. The molecule has 1 unspecified atom stereocenters. The van der Waals surface area contributed by atoms with E-state index in [9.17, 15) is 0 Å². The molecule has 0 aromatic rings. The van der Waals surface area contributed by atoms with E-state index < -0.39 is 0 Å². The van der Waals surface area contributed by atoms with Gasteiger partial charge in [0.05, 0.1) is 0 Å². The molecule has 0 nitrogen and oxygen atoms in total. The molecule has 0 rings (SSSR count). The van der Waals surface area contributed by atoms with Crippen molar-refractivity contribution in [3.05, 3.63) is 6.92 Å². The third kappa shape index (κ3) is 10.4. The van der Waals surface area contributed by atoms with Gasteiger partial charge in [0.2, 0.25) is 0 Å². The van der Waals surface area contributed by atoms with Crippen LogP contribution >= 0.6 is 12.6 Å². The molecule has 0 spiro atoms. The van der Waals surface area contributed by atoms with Crippen LogP contribution in [0.4, 0.5) is 0 Å². The highest BCUT2D eigenvalue weighted by atomic mass is 32.1. The lowest BCUT2D eigenvalue weighted by molar-refractivity contribution is 0.595. The van der Waals surface area contributed by atoms with Gasteiger partial charge in [-0.05, 0) is 13.3 Å². The normalized spacial score (nSPS) is 13.4. The molecule has 11 heavy (non-hydrogen) atoms. The number of unbranched alkanes of at least 4 members (excludes halogenated alkanes) is 5. The second-order valence-corrected chi connectivity index (χ2v) is 3.94. The Bertz CT molecular complexity index is 69.3. The van der Waals surface area contributed by atoms with Gasteiger partial charge in [-0.2, -0.15) is 12.6 Å². The quantitative estimate of drug-likeness (QED) is 0.438.